The van der Waals surface area contributed by atoms with Crippen molar-refractivity contribution >= 4 is 82.7 Å². The Balaban J connectivity index is 1.44. The van der Waals surface area contributed by atoms with E-state index in [1.165, 1.54) is 47.7 Å². The fourth-order valence-corrected chi connectivity index (χ4v) is 8.10. The van der Waals surface area contributed by atoms with E-state index >= 15 is 0 Å². The maximum Gasteiger partial charge on any atom is 0.263 e. The molecule has 39 heavy (non-hydrogen) atoms. The smallest absolute Gasteiger partial charge is 0.263 e. The van der Waals surface area contributed by atoms with E-state index in [1.807, 2.05) is 17.0 Å². The molecule has 4 heteroatoms. The molecule has 0 N–H and O–H groups in total. The Kier molecular flexibility index (Phi) is 4.20. The van der Waals surface area contributed by atoms with Gasteiger partial charge in [-0.25, -0.2) is 0 Å². The van der Waals surface area contributed by atoms with Gasteiger partial charge in [0.05, 0.1) is 21.6 Å². The number of carbonyl (C=O) groups is 1. The predicted octanol–water partition coefficient (Wildman–Crippen LogP) is 7.00. The second-order valence-corrected chi connectivity index (χ2v) is 11.5. The molecule has 1 amide bonds. The molecular formula is C35H20BNOS. The first-order chi connectivity index (χ1) is 19.3. The summed E-state index contributed by atoms with van der Waals surface area (Å²) < 4.78 is 2.43. The molecule has 0 saturated heterocycles. The number of benzene rings is 6. The fraction of sp³-hybridized carbons (Fsp3) is 0. The lowest BCUT2D eigenvalue weighted by atomic mass is 9.34. The first-order valence-electron chi connectivity index (χ1n) is 13.3. The maximum atomic E-state index is 14.2. The van der Waals surface area contributed by atoms with Crippen molar-refractivity contribution in [3.05, 3.63) is 127 Å². The molecule has 180 valence electrons. The van der Waals surface area contributed by atoms with Gasteiger partial charge in [0, 0.05) is 20.9 Å². The zero-order valence-corrected chi connectivity index (χ0v) is 21.7. The van der Waals surface area contributed by atoms with Gasteiger partial charge in [-0.05, 0) is 39.6 Å². The third-order valence-corrected chi connectivity index (χ3v) is 9.65. The molecule has 3 heterocycles. The molecule has 9 rings (SSSR count). The molecule has 0 radical (unpaired) electrons. The van der Waals surface area contributed by atoms with E-state index in [0.29, 0.717) is 0 Å². The van der Waals surface area contributed by atoms with E-state index in [0.717, 1.165) is 27.7 Å². The van der Waals surface area contributed by atoms with Gasteiger partial charge in [-0.15, -0.1) is 11.3 Å². The average molecular weight is 513 g/mol. The highest BCUT2D eigenvalue weighted by Gasteiger charge is 2.44. The summed E-state index contributed by atoms with van der Waals surface area (Å²) >= 11 is 1.79. The van der Waals surface area contributed by atoms with Crippen molar-refractivity contribution in [2.45, 2.75) is 0 Å². The summed E-state index contributed by atoms with van der Waals surface area (Å²) in [7, 11) is 0. The van der Waals surface area contributed by atoms with Gasteiger partial charge < -0.3 is 0 Å². The van der Waals surface area contributed by atoms with Gasteiger partial charge in [-0.3, -0.25) is 9.69 Å². The molecule has 2 aliphatic heterocycles. The lowest BCUT2D eigenvalue weighted by molar-refractivity contribution is 0.101. The van der Waals surface area contributed by atoms with Crippen LogP contribution in [0.4, 0.5) is 11.4 Å². The number of anilines is 2. The van der Waals surface area contributed by atoms with Crippen LogP contribution in [-0.4, -0.2) is 12.6 Å². The SMILES string of the molecule is O=C1c2cccc3ccc4c(c23)N1c1c(ccc2c1sc1ccccc12)B4c1ccccc1-c1ccccc1. The molecule has 0 atom stereocenters. The van der Waals surface area contributed by atoms with Crippen molar-refractivity contribution in [1.82, 2.24) is 0 Å². The number of nitrogens with zero attached hydrogens (tertiary/aromatic N) is 1. The number of hydrogen-bond donors (Lipinski definition) is 0. The van der Waals surface area contributed by atoms with Gasteiger partial charge in [0.25, 0.3) is 5.91 Å². The van der Waals surface area contributed by atoms with Crippen molar-refractivity contribution in [3.8, 4) is 11.1 Å². The lowest BCUT2D eigenvalue weighted by Crippen LogP contribution is -2.58. The highest BCUT2D eigenvalue weighted by atomic mass is 32.1. The highest BCUT2D eigenvalue weighted by molar-refractivity contribution is 7.26. The first-order valence-corrected chi connectivity index (χ1v) is 14.1. The van der Waals surface area contributed by atoms with Crippen LogP contribution in [-0.2, 0) is 0 Å². The minimum Gasteiger partial charge on any atom is -0.276 e. The summed E-state index contributed by atoms with van der Waals surface area (Å²) in [5, 5.41) is 4.65. The van der Waals surface area contributed by atoms with Gasteiger partial charge >= 0.3 is 0 Å². The second-order valence-electron chi connectivity index (χ2n) is 10.4. The van der Waals surface area contributed by atoms with Crippen molar-refractivity contribution in [3.63, 3.8) is 0 Å². The normalized spacial score (nSPS) is 13.6. The average Bonchev–Trinajstić information content (AvgIpc) is 3.52. The number of amides is 1. The number of hydrogen-bond acceptors (Lipinski definition) is 2. The van der Waals surface area contributed by atoms with Crippen LogP contribution in [0.25, 0.3) is 42.1 Å². The Morgan fingerprint density at radius 1 is 0.564 bits per heavy atom. The molecule has 0 unspecified atom stereocenters. The Morgan fingerprint density at radius 3 is 2.23 bits per heavy atom. The van der Waals surface area contributed by atoms with Gasteiger partial charge in [0.2, 0.25) is 6.71 Å². The lowest BCUT2D eigenvalue weighted by Gasteiger charge is -2.34. The van der Waals surface area contributed by atoms with Crippen LogP contribution in [0.15, 0.2) is 121 Å². The zero-order chi connectivity index (χ0) is 25.7. The maximum absolute atomic E-state index is 14.2. The van der Waals surface area contributed by atoms with Crippen LogP contribution in [0, 0.1) is 0 Å². The first kappa shape index (κ1) is 21.3. The zero-order valence-electron chi connectivity index (χ0n) is 20.9. The van der Waals surface area contributed by atoms with Crippen LogP contribution in [0.2, 0.25) is 0 Å². The number of carbonyl (C=O) groups excluding carboxylic acids is 1. The Morgan fingerprint density at radius 2 is 1.31 bits per heavy atom. The molecule has 2 aliphatic rings. The molecule has 0 bridgehead atoms. The number of fused-ring (bicyclic) bond motifs is 6. The van der Waals surface area contributed by atoms with Gasteiger partial charge in [-0.1, -0.05) is 115 Å². The van der Waals surface area contributed by atoms with E-state index < -0.39 is 0 Å². The molecule has 0 aliphatic carbocycles. The summed E-state index contributed by atoms with van der Waals surface area (Å²) in [6.07, 6.45) is 0. The molecule has 0 fully saturated rings. The number of thiophene rings is 1. The standard InChI is InChI=1S/C35H20BNOS/c38-35-26-14-8-11-22-17-19-28-32(31(22)26)37(35)33-29(20-18-25-24-13-5-7-16-30(24)39-34(25)33)36(28)27-15-6-4-12-23(27)21-9-2-1-3-10-21/h1-20H. The molecular weight excluding hydrogens is 493 g/mol. The Hall–Kier alpha value is -4.67. The highest BCUT2D eigenvalue weighted by Crippen LogP contribution is 2.47. The summed E-state index contributed by atoms with van der Waals surface area (Å²) in [4.78, 5) is 16.2. The topological polar surface area (TPSA) is 20.3 Å². The molecule has 6 aromatic carbocycles. The fourth-order valence-electron chi connectivity index (χ4n) is 6.85. The third-order valence-electron chi connectivity index (χ3n) is 8.46. The Bertz CT molecular complexity index is 2160. The molecule has 7 aromatic rings. The summed E-state index contributed by atoms with van der Waals surface area (Å²) in [6.45, 7) is 0.000578. The van der Waals surface area contributed by atoms with E-state index in [1.54, 1.807) is 11.3 Å². The minimum absolute atomic E-state index is 0.000578. The minimum atomic E-state index is 0.000578. The van der Waals surface area contributed by atoms with Crippen LogP contribution in [0.1, 0.15) is 10.4 Å². The van der Waals surface area contributed by atoms with Crippen molar-refractivity contribution in [2.24, 2.45) is 0 Å². The molecule has 0 saturated carbocycles. The predicted molar refractivity (Wildman–Crippen MR) is 166 cm³/mol. The Labute approximate surface area is 229 Å². The van der Waals surface area contributed by atoms with E-state index in [4.69, 9.17) is 0 Å². The molecule has 1 aromatic heterocycles. The monoisotopic (exact) mass is 513 g/mol. The summed E-state index contributed by atoms with van der Waals surface area (Å²) in [6, 6.07) is 43.1. The van der Waals surface area contributed by atoms with E-state index in [9.17, 15) is 4.79 Å². The largest absolute Gasteiger partial charge is 0.276 e. The summed E-state index contributed by atoms with van der Waals surface area (Å²) in [5.74, 6) is 0.0732. The molecule has 0 spiro atoms. The van der Waals surface area contributed by atoms with Crippen LogP contribution < -0.4 is 21.3 Å². The quantitative estimate of drug-likeness (QED) is 0.228. The van der Waals surface area contributed by atoms with Gasteiger partial charge in [0.15, 0.2) is 0 Å². The van der Waals surface area contributed by atoms with Crippen molar-refractivity contribution < 1.29 is 4.79 Å². The van der Waals surface area contributed by atoms with Crippen molar-refractivity contribution in [2.75, 3.05) is 4.90 Å². The van der Waals surface area contributed by atoms with Crippen LogP contribution in [0.3, 0.4) is 0 Å². The van der Waals surface area contributed by atoms with E-state index in [-0.39, 0.29) is 12.6 Å². The molecule has 2 nitrogen and oxygen atoms in total. The van der Waals surface area contributed by atoms with Crippen LogP contribution in [0.5, 0.6) is 0 Å². The van der Waals surface area contributed by atoms with E-state index in [2.05, 4.69) is 109 Å². The third kappa shape index (κ3) is 2.74. The number of rotatable bonds is 2. The van der Waals surface area contributed by atoms with Crippen molar-refractivity contribution in [1.29, 1.82) is 0 Å². The summed E-state index contributed by atoms with van der Waals surface area (Å²) in [5.41, 5.74) is 8.96. The van der Waals surface area contributed by atoms with Gasteiger partial charge in [-0.2, -0.15) is 0 Å². The van der Waals surface area contributed by atoms with Crippen LogP contribution >= 0.6 is 11.3 Å². The van der Waals surface area contributed by atoms with Gasteiger partial charge in [0.1, 0.15) is 0 Å². The second kappa shape index (κ2) is 7.69.